The number of rotatable bonds is 4. The van der Waals surface area contributed by atoms with E-state index in [4.69, 9.17) is 11.6 Å². The van der Waals surface area contributed by atoms with Gasteiger partial charge in [-0.1, -0.05) is 37.6 Å². The van der Waals surface area contributed by atoms with Crippen LogP contribution in [0.15, 0.2) is 30.3 Å². The van der Waals surface area contributed by atoms with Crippen LogP contribution in [0.3, 0.4) is 0 Å². The average molecular weight is 261 g/mol. The molecule has 0 spiro atoms. The van der Waals surface area contributed by atoms with Crippen molar-refractivity contribution in [3.05, 3.63) is 47.4 Å². The quantitative estimate of drug-likeness (QED) is 0.772. The van der Waals surface area contributed by atoms with E-state index in [9.17, 15) is 0 Å². The standard InChI is InChI=1S/C15H17ClN2/c1-3-4-12-5-7-13(8-6-12)14-9-11(2)17-15(10-16)18-14/h5-9H,3-4,10H2,1-2H3. The fraction of sp³-hybridized carbons (Fsp3) is 0.333. The van der Waals surface area contributed by atoms with Gasteiger partial charge in [-0.25, -0.2) is 9.97 Å². The third kappa shape index (κ3) is 3.08. The molecule has 0 atom stereocenters. The summed E-state index contributed by atoms with van der Waals surface area (Å²) in [6.45, 7) is 4.15. The summed E-state index contributed by atoms with van der Waals surface area (Å²) in [5.74, 6) is 1.03. The molecule has 94 valence electrons. The third-order valence-corrected chi connectivity index (χ3v) is 3.05. The Bertz CT molecular complexity index is 521. The highest BCUT2D eigenvalue weighted by Crippen LogP contribution is 2.19. The topological polar surface area (TPSA) is 25.8 Å². The lowest BCUT2D eigenvalue weighted by atomic mass is 10.1. The molecule has 1 heterocycles. The van der Waals surface area contributed by atoms with Crippen LogP contribution in [-0.4, -0.2) is 9.97 Å². The maximum Gasteiger partial charge on any atom is 0.143 e. The van der Waals surface area contributed by atoms with Crippen molar-refractivity contribution in [2.45, 2.75) is 32.6 Å². The van der Waals surface area contributed by atoms with E-state index in [2.05, 4.69) is 41.2 Å². The molecular formula is C15H17ClN2. The Kier molecular flexibility index (Phi) is 4.32. The SMILES string of the molecule is CCCc1ccc(-c2cc(C)nc(CCl)n2)cc1. The molecule has 0 saturated carbocycles. The summed E-state index contributed by atoms with van der Waals surface area (Å²) in [6, 6.07) is 10.5. The van der Waals surface area contributed by atoms with Crippen LogP contribution in [0.4, 0.5) is 0 Å². The average Bonchev–Trinajstić information content (AvgIpc) is 2.39. The highest BCUT2D eigenvalue weighted by atomic mass is 35.5. The Labute approximate surface area is 113 Å². The molecule has 0 aliphatic carbocycles. The van der Waals surface area contributed by atoms with Crippen molar-refractivity contribution in [2.24, 2.45) is 0 Å². The first-order valence-electron chi connectivity index (χ1n) is 6.22. The second kappa shape index (κ2) is 5.96. The Balaban J connectivity index is 2.33. The second-order valence-corrected chi connectivity index (χ2v) is 4.66. The number of alkyl halides is 1. The van der Waals surface area contributed by atoms with Gasteiger partial charge in [-0.15, -0.1) is 11.6 Å². The van der Waals surface area contributed by atoms with Crippen molar-refractivity contribution in [1.82, 2.24) is 9.97 Å². The zero-order chi connectivity index (χ0) is 13.0. The predicted octanol–water partition coefficient (Wildman–Crippen LogP) is 4.14. The van der Waals surface area contributed by atoms with Crippen molar-refractivity contribution < 1.29 is 0 Å². The van der Waals surface area contributed by atoms with E-state index in [0.29, 0.717) is 11.7 Å². The van der Waals surface area contributed by atoms with Crippen LogP contribution in [0.25, 0.3) is 11.3 Å². The highest BCUT2D eigenvalue weighted by Gasteiger charge is 2.04. The molecule has 2 nitrogen and oxygen atoms in total. The van der Waals surface area contributed by atoms with Gasteiger partial charge in [-0.05, 0) is 25.0 Å². The van der Waals surface area contributed by atoms with E-state index >= 15 is 0 Å². The Morgan fingerprint density at radius 3 is 2.44 bits per heavy atom. The van der Waals surface area contributed by atoms with E-state index in [-0.39, 0.29) is 0 Å². The number of aromatic nitrogens is 2. The minimum absolute atomic E-state index is 0.350. The first-order valence-corrected chi connectivity index (χ1v) is 6.76. The van der Waals surface area contributed by atoms with Gasteiger partial charge in [0.15, 0.2) is 0 Å². The van der Waals surface area contributed by atoms with Gasteiger partial charge < -0.3 is 0 Å². The molecule has 3 heteroatoms. The van der Waals surface area contributed by atoms with Gasteiger partial charge >= 0.3 is 0 Å². The zero-order valence-electron chi connectivity index (χ0n) is 10.8. The summed E-state index contributed by atoms with van der Waals surface area (Å²) in [4.78, 5) is 8.74. The molecule has 0 fully saturated rings. The van der Waals surface area contributed by atoms with Gasteiger partial charge in [0.2, 0.25) is 0 Å². The predicted molar refractivity (Wildman–Crippen MR) is 75.8 cm³/mol. The van der Waals surface area contributed by atoms with Crippen LogP contribution in [0, 0.1) is 6.92 Å². The minimum Gasteiger partial charge on any atom is -0.237 e. The summed E-state index contributed by atoms with van der Waals surface area (Å²) < 4.78 is 0. The fourth-order valence-corrected chi connectivity index (χ4v) is 2.09. The van der Waals surface area contributed by atoms with Crippen LogP contribution in [0.5, 0.6) is 0 Å². The summed E-state index contributed by atoms with van der Waals surface area (Å²) in [5, 5.41) is 0. The lowest BCUT2D eigenvalue weighted by Gasteiger charge is -2.05. The molecule has 0 aliphatic rings. The van der Waals surface area contributed by atoms with Gasteiger partial charge in [0.1, 0.15) is 5.82 Å². The molecule has 2 aromatic rings. The maximum atomic E-state index is 5.80. The van der Waals surface area contributed by atoms with Gasteiger partial charge in [0.25, 0.3) is 0 Å². The van der Waals surface area contributed by atoms with Crippen molar-refractivity contribution in [2.75, 3.05) is 0 Å². The Morgan fingerprint density at radius 2 is 1.83 bits per heavy atom. The number of nitrogens with zero attached hydrogens (tertiary/aromatic N) is 2. The summed E-state index contributed by atoms with van der Waals surface area (Å²) in [6.07, 6.45) is 2.29. The molecule has 1 aromatic heterocycles. The molecular weight excluding hydrogens is 244 g/mol. The first-order chi connectivity index (χ1) is 8.72. The molecule has 18 heavy (non-hydrogen) atoms. The molecule has 0 N–H and O–H groups in total. The normalized spacial score (nSPS) is 10.6. The molecule has 0 amide bonds. The first kappa shape index (κ1) is 13.0. The van der Waals surface area contributed by atoms with E-state index in [1.807, 2.05) is 13.0 Å². The van der Waals surface area contributed by atoms with Crippen LogP contribution >= 0.6 is 11.6 Å². The van der Waals surface area contributed by atoms with Crippen molar-refractivity contribution in [3.8, 4) is 11.3 Å². The molecule has 0 aliphatic heterocycles. The molecule has 0 bridgehead atoms. The summed E-state index contributed by atoms with van der Waals surface area (Å²) in [5.41, 5.74) is 4.38. The molecule has 0 unspecified atom stereocenters. The largest absolute Gasteiger partial charge is 0.237 e. The van der Waals surface area contributed by atoms with E-state index < -0.39 is 0 Å². The second-order valence-electron chi connectivity index (χ2n) is 4.39. The zero-order valence-corrected chi connectivity index (χ0v) is 11.5. The Morgan fingerprint density at radius 1 is 1.11 bits per heavy atom. The monoisotopic (exact) mass is 260 g/mol. The van der Waals surface area contributed by atoms with Gasteiger partial charge in [-0.2, -0.15) is 0 Å². The van der Waals surface area contributed by atoms with Gasteiger partial charge in [0.05, 0.1) is 11.6 Å². The molecule has 1 aromatic carbocycles. The smallest absolute Gasteiger partial charge is 0.143 e. The lowest BCUT2D eigenvalue weighted by molar-refractivity contribution is 0.922. The number of hydrogen-bond donors (Lipinski definition) is 0. The summed E-state index contributed by atoms with van der Waals surface area (Å²) in [7, 11) is 0. The maximum absolute atomic E-state index is 5.80. The van der Waals surface area contributed by atoms with Crippen LogP contribution in [0.1, 0.15) is 30.4 Å². The minimum atomic E-state index is 0.350. The molecule has 0 radical (unpaired) electrons. The van der Waals surface area contributed by atoms with Gasteiger partial charge in [0, 0.05) is 11.3 Å². The number of aryl methyl sites for hydroxylation is 2. The fourth-order valence-electron chi connectivity index (χ4n) is 1.97. The summed E-state index contributed by atoms with van der Waals surface area (Å²) >= 11 is 5.80. The van der Waals surface area contributed by atoms with Gasteiger partial charge in [-0.3, -0.25) is 0 Å². The third-order valence-electron chi connectivity index (χ3n) is 2.81. The lowest BCUT2D eigenvalue weighted by Crippen LogP contribution is -1.96. The van der Waals surface area contributed by atoms with Crippen molar-refractivity contribution in [3.63, 3.8) is 0 Å². The van der Waals surface area contributed by atoms with Crippen molar-refractivity contribution in [1.29, 1.82) is 0 Å². The number of hydrogen-bond acceptors (Lipinski definition) is 2. The van der Waals surface area contributed by atoms with Crippen LogP contribution in [0.2, 0.25) is 0 Å². The van der Waals surface area contributed by atoms with E-state index in [1.54, 1.807) is 0 Å². The molecule has 2 rings (SSSR count). The van der Waals surface area contributed by atoms with Crippen molar-refractivity contribution >= 4 is 11.6 Å². The number of halogens is 1. The van der Waals surface area contributed by atoms with Crippen LogP contribution in [-0.2, 0) is 12.3 Å². The number of benzene rings is 1. The van der Waals surface area contributed by atoms with E-state index in [0.717, 1.165) is 23.4 Å². The Hall–Kier alpha value is -1.41. The van der Waals surface area contributed by atoms with E-state index in [1.165, 1.54) is 12.0 Å². The molecule has 0 saturated heterocycles. The highest BCUT2D eigenvalue weighted by molar-refractivity contribution is 6.16. The van der Waals surface area contributed by atoms with Crippen LogP contribution < -0.4 is 0 Å².